The van der Waals surface area contributed by atoms with Gasteiger partial charge in [-0.05, 0) is 37.6 Å². The van der Waals surface area contributed by atoms with E-state index in [-0.39, 0.29) is 12.3 Å². The van der Waals surface area contributed by atoms with Crippen LogP contribution in [0.25, 0.3) is 0 Å². The number of ether oxygens (including phenoxy) is 1. The zero-order chi connectivity index (χ0) is 18.4. The second-order valence-electron chi connectivity index (χ2n) is 5.24. The minimum absolute atomic E-state index is 0.0418. The summed E-state index contributed by atoms with van der Waals surface area (Å²) in [6, 6.07) is 11.1. The van der Waals surface area contributed by atoms with Crippen LogP contribution in [0.15, 0.2) is 47.6 Å². The van der Waals surface area contributed by atoms with Crippen LogP contribution in [0.1, 0.15) is 18.1 Å². The van der Waals surface area contributed by atoms with E-state index in [2.05, 4.69) is 10.5 Å². The third-order valence-electron chi connectivity index (χ3n) is 3.32. The van der Waals surface area contributed by atoms with Gasteiger partial charge in [-0.25, -0.2) is 5.43 Å². The van der Waals surface area contributed by atoms with Crippen molar-refractivity contribution in [3.8, 4) is 5.75 Å². The highest BCUT2D eigenvalue weighted by molar-refractivity contribution is 6.31. The second kappa shape index (κ2) is 8.25. The largest absolute Gasteiger partial charge is 0.484 e. The highest BCUT2D eigenvalue weighted by Gasteiger charge is 2.08. The summed E-state index contributed by atoms with van der Waals surface area (Å²) in [6.45, 7) is 3.26. The van der Waals surface area contributed by atoms with E-state index in [1.54, 1.807) is 37.3 Å². The van der Waals surface area contributed by atoms with Crippen LogP contribution in [-0.4, -0.2) is 23.1 Å². The van der Waals surface area contributed by atoms with E-state index in [0.29, 0.717) is 22.0 Å². The van der Waals surface area contributed by atoms with Gasteiger partial charge in [0.1, 0.15) is 5.75 Å². The molecular weight excluding hydrogens is 346 g/mol. The number of nitro benzene ring substituents is 1. The van der Waals surface area contributed by atoms with Gasteiger partial charge < -0.3 is 4.74 Å². The highest BCUT2D eigenvalue weighted by Crippen LogP contribution is 2.20. The number of hydrazone groups is 1. The zero-order valence-electron chi connectivity index (χ0n) is 13.7. The van der Waals surface area contributed by atoms with Crippen molar-refractivity contribution in [1.82, 2.24) is 5.43 Å². The number of carbonyl (C=O) groups excluding carboxylic acids is 1. The second-order valence-corrected chi connectivity index (χ2v) is 5.65. The summed E-state index contributed by atoms with van der Waals surface area (Å²) in [7, 11) is 0. The number of amides is 1. The van der Waals surface area contributed by atoms with Gasteiger partial charge in [0.05, 0.1) is 10.6 Å². The predicted molar refractivity (Wildman–Crippen MR) is 95.1 cm³/mol. The Bertz CT molecular complexity index is 836. The topological polar surface area (TPSA) is 93.8 Å². The van der Waals surface area contributed by atoms with Gasteiger partial charge in [0.2, 0.25) is 0 Å². The van der Waals surface area contributed by atoms with Crippen LogP contribution in [0.3, 0.4) is 0 Å². The van der Waals surface area contributed by atoms with E-state index in [0.717, 1.165) is 5.56 Å². The molecule has 0 aromatic heterocycles. The van der Waals surface area contributed by atoms with Gasteiger partial charge in [-0.15, -0.1) is 0 Å². The molecule has 0 aliphatic carbocycles. The van der Waals surface area contributed by atoms with Crippen LogP contribution in [0.5, 0.6) is 5.75 Å². The van der Waals surface area contributed by atoms with Crippen LogP contribution < -0.4 is 10.2 Å². The fourth-order valence-electron chi connectivity index (χ4n) is 1.94. The van der Waals surface area contributed by atoms with Gasteiger partial charge in [0, 0.05) is 22.7 Å². The molecule has 0 aliphatic heterocycles. The third-order valence-corrected chi connectivity index (χ3v) is 3.75. The third kappa shape index (κ3) is 5.29. The van der Waals surface area contributed by atoms with Crippen molar-refractivity contribution in [3.05, 3.63) is 68.7 Å². The van der Waals surface area contributed by atoms with Crippen LogP contribution in [0.2, 0.25) is 5.02 Å². The first kappa shape index (κ1) is 18.4. The number of nitrogens with one attached hydrogen (secondary N) is 1. The van der Waals surface area contributed by atoms with E-state index >= 15 is 0 Å². The summed E-state index contributed by atoms with van der Waals surface area (Å²) in [6.07, 6.45) is 0. The minimum Gasteiger partial charge on any atom is -0.484 e. The fourth-order valence-corrected chi connectivity index (χ4v) is 2.06. The molecule has 0 atom stereocenters. The molecule has 0 saturated carbocycles. The average molecular weight is 362 g/mol. The Balaban J connectivity index is 1.93. The molecule has 0 bridgehead atoms. The maximum Gasteiger partial charge on any atom is 0.277 e. The van der Waals surface area contributed by atoms with Crippen LogP contribution in [0.4, 0.5) is 5.69 Å². The molecule has 0 radical (unpaired) electrons. The van der Waals surface area contributed by atoms with Crippen LogP contribution in [-0.2, 0) is 4.79 Å². The maximum atomic E-state index is 11.8. The van der Waals surface area contributed by atoms with Crippen LogP contribution >= 0.6 is 11.6 Å². The summed E-state index contributed by atoms with van der Waals surface area (Å²) in [5.74, 6) is 0.0776. The van der Waals surface area contributed by atoms with E-state index in [9.17, 15) is 14.9 Å². The van der Waals surface area contributed by atoms with Crippen molar-refractivity contribution >= 4 is 28.9 Å². The number of hydrogen-bond acceptors (Lipinski definition) is 5. The molecule has 2 rings (SSSR count). The number of benzene rings is 2. The molecule has 0 saturated heterocycles. The molecule has 25 heavy (non-hydrogen) atoms. The molecule has 8 heteroatoms. The molecule has 0 aliphatic rings. The van der Waals surface area contributed by atoms with Crippen molar-refractivity contribution in [2.45, 2.75) is 13.8 Å². The molecule has 130 valence electrons. The summed E-state index contributed by atoms with van der Waals surface area (Å²) >= 11 is 5.92. The molecule has 2 aromatic rings. The lowest BCUT2D eigenvalue weighted by Gasteiger charge is -2.07. The molecular formula is C17H16ClN3O4. The quantitative estimate of drug-likeness (QED) is 0.484. The maximum absolute atomic E-state index is 11.8. The Morgan fingerprint density at radius 1 is 1.32 bits per heavy atom. The summed E-state index contributed by atoms with van der Waals surface area (Å²) in [5.41, 5.74) is 4.15. The lowest BCUT2D eigenvalue weighted by Crippen LogP contribution is -2.25. The predicted octanol–water partition coefficient (Wildman–Crippen LogP) is 3.48. The van der Waals surface area contributed by atoms with Crippen molar-refractivity contribution in [2.75, 3.05) is 6.61 Å². The highest BCUT2D eigenvalue weighted by atomic mass is 35.5. The first-order valence-electron chi connectivity index (χ1n) is 7.33. The number of nitrogens with zero attached hydrogens (tertiary/aromatic N) is 2. The SMILES string of the molecule is CC(=NNC(=O)COc1ccc(Cl)c(C)c1)c1cccc([N+](=O)[O-])c1. The van der Waals surface area contributed by atoms with Crippen molar-refractivity contribution in [2.24, 2.45) is 5.10 Å². The van der Waals surface area contributed by atoms with E-state index < -0.39 is 10.8 Å². The van der Waals surface area contributed by atoms with Gasteiger partial charge in [0.25, 0.3) is 11.6 Å². The number of carbonyl (C=O) groups is 1. The molecule has 0 spiro atoms. The Kier molecular flexibility index (Phi) is 6.08. The lowest BCUT2D eigenvalue weighted by atomic mass is 10.1. The Labute approximate surface area is 149 Å². The Morgan fingerprint density at radius 2 is 2.08 bits per heavy atom. The minimum atomic E-state index is -0.489. The number of non-ortho nitro benzene ring substituents is 1. The lowest BCUT2D eigenvalue weighted by molar-refractivity contribution is -0.384. The number of nitro groups is 1. The Hall–Kier alpha value is -2.93. The fraction of sp³-hybridized carbons (Fsp3) is 0.176. The molecule has 7 nitrogen and oxygen atoms in total. The molecule has 0 heterocycles. The van der Waals surface area contributed by atoms with Gasteiger partial charge in [-0.1, -0.05) is 23.7 Å². The molecule has 1 amide bonds. The summed E-state index contributed by atoms with van der Waals surface area (Å²) in [5, 5.41) is 15.3. The molecule has 0 fully saturated rings. The number of hydrogen-bond donors (Lipinski definition) is 1. The molecule has 2 aromatic carbocycles. The number of rotatable bonds is 6. The van der Waals surface area contributed by atoms with Crippen LogP contribution in [0, 0.1) is 17.0 Å². The monoisotopic (exact) mass is 361 g/mol. The van der Waals surface area contributed by atoms with Gasteiger partial charge >= 0.3 is 0 Å². The van der Waals surface area contributed by atoms with Gasteiger partial charge in [-0.2, -0.15) is 5.10 Å². The van der Waals surface area contributed by atoms with Crippen molar-refractivity contribution in [3.63, 3.8) is 0 Å². The Morgan fingerprint density at radius 3 is 2.76 bits per heavy atom. The van der Waals surface area contributed by atoms with Gasteiger partial charge in [0.15, 0.2) is 6.61 Å². The zero-order valence-corrected chi connectivity index (χ0v) is 14.4. The summed E-state index contributed by atoms with van der Waals surface area (Å²) < 4.78 is 5.36. The average Bonchev–Trinajstić information content (AvgIpc) is 2.60. The van der Waals surface area contributed by atoms with E-state index in [1.165, 1.54) is 12.1 Å². The normalized spacial score (nSPS) is 11.1. The van der Waals surface area contributed by atoms with E-state index in [4.69, 9.17) is 16.3 Å². The van der Waals surface area contributed by atoms with E-state index in [1.807, 2.05) is 6.92 Å². The first-order chi connectivity index (χ1) is 11.9. The van der Waals surface area contributed by atoms with Crippen molar-refractivity contribution in [1.29, 1.82) is 0 Å². The standard InChI is InChI=1S/C17H16ClN3O4/c1-11-8-15(6-7-16(11)18)25-10-17(22)20-19-12(2)13-4-3-5-14(9-13)21(23)24/h3-9H,10H2,1-2H3,(H,20,22). The number of aryl methyl sites for hydroxylation is 1. The smallest absolute Gasteiger partial charge is 0.277 e. The molecule has 0 unspecified atom stereocenters. The summed E-state index contributed by atoms with van der Waals surface area (Å²) in [4.78, 5) is 22.1. The number of halogens is 1. The van der Waals surface area contributed by atoms with Gasteiger partial charge in [-0.3, -0.25) is 14.9 Å². The van der Waals surface area contributed by atoms with Crippen molar-refractivity contribution < 1.29 is 14.5 Å². The first-order valence-corrected chi connectivity index (χ1v) is 7.71. The molecule has 1 N–H and O–H groups in total.